The van der Waals surface area contributed by atoms with E-state index in [9.17, 15) is 4.79 Å². The molecule has 1 saturated heterocycles. The normalized spacial score (nSPS) is 19.4. The van der Waals surface area contributed by atoms with E-state index in [4.69, 9.17) is 4.74 Å². The molecule has 1 N–H and O–H groups in total. The highest BCUT2D eigenvalue weighted by molar-refractivity contribution is 5.79. The van der Waals surface area contributed by atoms with Crippen molar-refractivity contribution in [2.75, 3.05) is 33.4 Å². The van der Waals surface area contributed by atoms with Crippen molar-refractivity contribution in [2.24, 2.45) is 13.0 Å². The van der Waals surface area contributed by atoms with Gasteiger partial charge in [-0.15, -0.1) is 0 Å². The largest absolute Gasteiger partial charge is 0.383 e. The third kappa shape index (κ3) is 3.80. The number of amides is 1. The minimum Gasteiger partial charge on any atom is -0.383 e. The highest BCUT2D eigenvalue weighted by Crippen LogP contribution is 2.16. The van der Waals surface area contributed by atoms with Crippen LogP contribution >= 0.6 is 0 Å². The molecule has 1 amide bonds. The summed E-state index contributed by atoms with van der Waals surface area (Å²) in [4.78, 5) is 14.4. The van der Waals surface area contributed by atoms with E-state index >= 15 is 0 Å². The van der Waals surface area contributed by atoms with E-state index in [-0.39, 0.29) is 11.8 Å². The van der Waals surface area contributed by atoms with Crippen molar-refractivity contribution >= 4 is 5.91 Å². The number of aryl methyl sites for hydroxylation is 2. The van der Waals surface area contributed by atoms with Gasteiger partial charge in [-0.1, -0.05) is 0 Å². The quantitative estimate of drug-likeness (QED) is 0.815. The first-order chi connectivity index (χ1) is 9.60. The zero-order valence-corrected chi connectivity index (χ0v) is 12.6. The Kier molecular flexibility index (Phi) is 5.14. The molecule has 0 spiro atoms. The van der Waals surface area contributed by atoms with Gasteiger partial charge in [0.15, 0.2) is 0 Å². The molecular weight excluding hydrogens is 256 g/mol. The Morgan fingerprint density at radius 2 is 2.40 bits per heavy atom. The van der Waals surface area contributed by atoms with Crippen LogP contribution in [0.25, 0.3) is 0 Å². The molecule has 2 rings (SSSR count). The zero-order chi connectivity index (χ0) is 14.5. The van der Waals surface area contributed by atoms with Crippen LogP contribution in [0, 0.1) is 12.8 Å². The van der Waals surface area contributed by atoms with Gasteiger partial charge in [0.25, 0.3) is 0 Å². The lowest BCUT2D eigenvalue weighted by Crippen LogP contribution is -2.33. The Bertz CT molecular complexity index is 458. The van der Waals surface area contributed by atoms with E-state index in [0.717, 1.165) is 44.0 Å². The third-order valence-electron chi connectivity index (χ3n) is 3.80. The monoisotopic (exact) mass is 280 g/mol. The van der Waals surface area contributed by atoms with Crippen LogP contribution in [-0.2, 0) is 23.1 Å². The van der Waals surface area contributed by atoms with Gasteiger partial charge in [-0.3, -0.25) is 9.48 Å². The average molecular weight is 280 g/mol. The van der Waals surface area contributed by atoms with Crippen molar-refractivity contribution < 1.29 is 9.53 Å². The number of hydrogen-bond acceptors (Lipinski definition) is 4. The van der Waals surface area contributed by atoms with Crippen molar-refractivity contribution in [2.45, 2.75) is 19.9 Å². The molecule has 1 atom stereocenters. The van der Waals surface area contributed by atoms with Gasteiger partial charge in [-0.2, -0.15) is 5.10 Å². The maximum atomic E-state index is 12.2. The van der Waals surface area contributed by atoms with Gasteiger partial charge in [0, 0.05) is 27.2 Å². The van der Waals surface area contributed by atoms with Crippen LogP contribution in [-0.4, -0.2) is 53.9 Å². The molecule has 6 nitrogen and oxygen atoms in total. The predicted octanol–water partition coefficient (Wildman–Crippen LogP) is 0.313. The average Bonchev–Trinajstić information content (AvgIpc) is 3.00. The zero-order valence-electron chi connectivity index (χ0n) is 12.6. The van der Waals surface area contributed by atoms with Gasteiger partial charge in [0.2, 0.25) is 5.91 Å². The van der Waals surface area contributed by atoms with Crippen LogP contribution < -0.4 is 5.32 Å². The van der Waals surface area contributed by atoms with Gasteiger partial charge in [-0.05, 0) is 26.0 Å². The molecule has 112 valence electrons. The molecule has 0 saturated carbocycles. The van der Waals surface area contributed by atoms with Gasteiger partial charge in [-0.25, -0.2) is 0 Å². The molecule has 0 aliphatic carbocycles. The summed E-state index contributed by atoms with van der Waals surface area (Å²) in [6.07, 6.45) is 0.931. The number of hydrogen-bond donors (Lipinski definition) is 1. The molecule has 1 aromatic heterocycles. The summed E-state index contributed by atoms with van der Waals surface area (Å²) < 4.78 is 6.88. The molecule has 1 aliphatic heterocycles. The highest BCUT2D eigenvalue weighted by atomic mass is 16.5. The number of rotatable bonds is 6. The second-order valence-electron chi connectivity index (χ2n) is 5.40. The van der Waals surface area contributed by atoms with E-state index in [2.05, 4.69) is 15.3 Å². The first-order valence-corrected chi connectivity index (χ1v) is 7.08. The number of likely N-dealkylation sites (tertiary alicyclic amines) is 1. The third-order valence-corrected chi connectivity index (χ3v) is 3.80. The molecule has 0 unspecified atom stereocenters. The molecule has 20 heavy (non-hydrogen) atoms. The SMILES string of the molecule is COCCN1CC[C@H](C(=O)NCc2cc(C)nn2C)C1. The minimum atomic E-state index is 0.0983. The smallest absolute Gasteiger partial charge is 0.224 e. The van der Waals surface area contributed by atoms with Crippen LogP contribution in [0.2, 0.25) is 0 Å². The van der Waals surface area contributed by atoms with Crippen molar-refractivity contribution in [1.82, 2.24) is 20.0 Å². The molecule has 1 aromatic rings. The summed E-state index contributed by atoms with van der Waals surface area (Å²) in [6.45, 7) is 5.94. The van der Waals surface area contributed by atoms with E-state index < -0.39 is 0 Å². The molecular formula is C14H24N4O2. The summed E-state index contributed by atoms with van der Waals surface area (Å²) in [7, 11) is 3.60. The van der Waals surface area contributed by atoms with Gasteiger partial charge in [0.05, 0.1) is 30.5 Å². The number of ether oxygens (including phenoxy) is 1. The second kappa shape index (κ2) is 6.85. The van der Waals surface area contributed by atoms with E-state index in [1.165, 1.54) is 0 Å². The van der Waals surface area contributed by atoms with Crippen LogP contribution in [0.1, 0.15) is 17.8 Å². The maximum Gasteiger partial charge on any atom is 0.224 e. The van der Waals surface area contributed by atoms with Crippen molar-refractivity contribution in [3.63, 3.8) is 0 Å². The van der Waals surface area contributed by atoms with Gasteiger partial charge >= 0.3 is 0 Å². The van der Waals surface area contributed by atoms with E-state index in [1.807, 2.05) is 24.7 Å². The number of carbonyl (C=O) groups excluding carboxylic acids is 1. The highest BCUT2D eigenvalue weighted by Gasteiger charge is 2.27. The topological polar surface area (TPSA) is 59.4 Å². The molecule has 2 heterocycles. The number of methoxy groups -OCH3 is 1. The van der Waals surface area contributed by atoms with Gasteiger partial charge in [0.1, 0.15) is 0 Å². The maximum absolute atomic E-state index is 12.2. The lowest BCUT2D eigenvalue weighted by Gasteiger charge is -2.15. The molecule has 1 fully saturated rings. The lowest BCUT2D eigenvalue weighted by atomic mass is 10.1. The summed E-state index contributed by atoms with van der Waals surface area (Å²) in [5.74, 6) is 0.241. The molecule has 0 aromatic carbocycles. The predicted molar refractivity (Wildman–Crippen MR) is 76.2 cm³/mol. The molecule has 6 heteroatoms. The van der Waals surface area contributed by atoms with Crippen LogP contribution in [0.4, 0.5) is 0 Å². The molecule has 0 bridgehead atoms. The Morgan fingerprint density at radius 1 is 1.60 bits per heavy atom. The van der Waals surface area contributed by atoms with Crippen LogP contribution in [0.5, 0.6) is 0 Å². The Balaban J connectivity index is 1.77. The Labute approximate surface area is 120 Å². The first kappa shape index (κ1) is 15.0. The Morgan fingerprint density at radius 3 is 3.05 bits per heavy atom. The fraction of sp³-hybridized carbons (Fsp3) is 0.714. The standard InChI is InChI=1S/C14H24N4O2/c1-11-8-13(17(2)16-11)9-15-14(19)12-4-5-18(10-12)6-7-20-3/h8,12H,4-7,9-10H2,1-3H3,(H,15,19)/t12-/m0/s1. The fourth-order valence-corrected chi connectivity index (χ4v) is 2.62. The van der Waals surface area contributed by atoms with Crippen LogP contribution in [0.3, 0.4) is 0 Å². The lowest BCUT2D eigenvalue weighted by molar-refractivity contribution is -0.124. The van der Waals surface area contributed by atoms with Crippen molar-refractivity contribution in [3.8, 4) is 0 Å². The number of nitrogens with one attached hydrogen (secondary N) is 1. The number of nitrogens with zero attached hydrogens (tertiary/aromatic N) is 3. The summed E-state index contributed by atoms with van der Waals surface area (Å²) in [6, 6.07) is 2.00. The summed E-state index contributed by atoms with van der Waals surface area (Å²) in [5.41, 5.74) is 2.01. The van der Waals surface area contributed by atoms with Gasteiger partial charge < -0.3 is 15.0 Å². The Hall–Kier alpha value is -1.40. The summed E-state index contributed by atoms with van der Waals surface area (Å²) in [5, 5.41) is 7.29. The molecule has 1 aliphatic rings. The van der Waals surface area contributed by atoms with Crippen molar-refractivity contribution in [1.29, 1.82) is 0 Å². The number of aromatic nitrogens is 2. The van der Waals surface area contributed by atoms with E-state index in [0.29, 0.717) is 6.54 Å². The van der Waals surface area contributed by atoms with Crippen molar-refractivity contribution in [3.05, 3.63) is 17.5 Å². The minimum absolute atomic E-state index is 0.0983. The molecule has 0 radical (unpaired) electrons. The number of carbonyl (C=O) groups is 1. The summed E-state index contributed by atoms with van der Waals surface area (Å²) >= 11 is 0. The first-order valence-electron chi connectivity index (χ1n) is 7.08. The van der Waals surface area contributed by atoms with E-state index in [1.54, 1.807) is 7.11 Å². The fourth-order valence-electron chi connectivity index (χ4n) is 2.62. The second-order valence-corrected chi connectivity index (χ2v) is 5.40. The van der Waals surface area contributed by atoms with Crippen LogP contribution in [0.15, 0.2) is 6.07 Å².